The smallest absolute Gasteiger partial charge is 0.211 e. The van der Waals surface area contributed by atoms with E-state index in [-0.39, 0.29) is 5.54 Å². The van der Waals surface area contributed by atoms with Crippen LogP contribution in [0.2, 0.25) is 0 Å². The number of rotatable bonds is 1. The maximum Gasteiger partial charge on any atom is 0.235 e. The zero-order chi connectivity index (χ0) is 10.7. The molecule has 0 heterocycles. The van der Waals surface area contributed by atoms with Crippen LogP contribution in [0.3, 0.4) is 0 Å². The largest absolute Gasteiger partial charge is 0.235 e. The molecule has 2 nitrogen and oxygen atoms in total. The van der Waals surface area contributed by atoms with Gasteiger partial charge in [-0.25, -0.2) is 4.79 Å². The van der Waals surface area contributed by atoms with Crippen LogP contribution in [-0.4, -0.2) is 11.6 Å². The predicted molar refractivity (Wildman–Crippen MR) is 58.3 cm³/mol. The van der Waals surface area contributed by atoms with Crippen molar-refractivity contribution in [2.75, 3.05) is 0 Å². The highest BCUT2D eigenvalue weighted by molar-refractivity contribution is 5.36. The van der Waals surface area contributed by atoms with E-state index in [9.17, 15) is 4.79 Å². The molecule has 2 atom stereocenters. The molecule has 0 radical (unpaired) electrons. The summed E-state index contributed by atoms with van der Waals surface area (Å²) in [5.74, 6) is 0.813. The third-order valence-corrected chi connectivity index (χ3v) is 4.88. The first-order valence-electron chi connectivity index (χ1n) is 6.06. The Labute approximate surface area is 91.2 Å². The maximum absolute atomic E-state index is 10.6. The van der Waals surface area contributed by atoms with Crippen molar-refractivity contribution >= 4 is 6.08 Å². The van der Waals surface area contributed by atoms with Crippen molar-refractivity contribution in [3.05, 3.63) is 0 Å². The summed E-state index contributed by atoms with van der Waals surface area (Å²) >= 11 is 0. The zero-order valence-corrected chi connectivity index (χ0v) is 9.68. The molecule has 82 valence electrons. The van der Waals surface area contributed by atoms with Gasteiger partial charge in [0, 0.05) is 0 Å². The van der Waals surface area contributed by atoms with E-state index in [1.807, 2.05) is 6.08 Å². The molecule has 0 saturated heterocycles. The summed E-state index contributed by atoms with van der Waals surface area (Å²) in [6, 6.07) is 0. The molecule has 0 amide bonds. The van der Waals surface area contributed by atoms with Gasteiger partial charge >= 0.3 is 0 Å². The fourth-order valence-electron chi connectivity index (χ4n) is 5.61. The predicted octanol–water partition coefficient (Wildman–Crippen LogP) is 3.07. The number of isocyanates is 1. The normalized spacial score (nSPS) is 56.5. The molecule has 0 spiro atoms. The van der Waals surface area contributed by atoms with Gasteiger partial charge in [0.15, 0.2) is 0 Å². The van der Waals surface area contributed by atoms with E-state index in [0.717, 1.165) is 25.2 Å². The molecule has 0 aliphatic heterocycles. The minimum Gasteiger partial charge on any atom is -0.211 e. The standard InChI is InChI=1S/C13H19NO/c1-11-3-10-4-12(2,6-11)8-13(5-10,7-11)14-9-15/h10H,3-8H2,1-2H3. The lowest BCUT2D eigenvalue weighted by molar-refractivity contribution is -0.103. The topological polar surface area (TPSA) is 29.4 Å². The first-order chi connectivity index (χ1) is 6.97. The second-order valence-electron chi connectivity index (χ2n) is 7.06. The molecular formula is C13H19NO. The lowest BCUT2D eigenvalue weighted by Gasteiger charge is -2.63. The molecule has 2 heteroatoms. The average molecular weight is 205 g/mol. The van der Waals surface area contributed by atoms with Crippen LogP contribution in [0.1, 0.15) is 52.4 Å². The molecule has 4 fully saturated rings. The highest BCUT2D eigenvalue weighted by Gasteiger charge is 2.60. The zero-order valence-electron chi connectivity index (χ0n) is 9.68. The molecule has 4 rings (SSSR count). The van der Waals surface area contributed by atoms with Crippen LogP contribution in [0.15, 0.2) is 4.99 Å². The molecule has 4 aliphatic rings. The van der Waals surface area contributed by atoms with Crippen LogP contribution >= 0.6 is 0 Å². The fourth-order valence-corrected chi connectivity index (χ4v) is 5.61. The van der Waals surface area contributed by atoms with Gasteiger partial charge in [0.05, 0.1) is 5.54 Å². The Morgan fingerprint density at radius 3 is 2.13 bits per heavy atom. The number of carbonyl (C=O) groups excluding carboxylic acids is 1. The number of aliphatic imine (C=N–C) groups is 1. The highest BCUT2D eigenvalue weighted by Crippen LogP contribution is 2.67. The lowest BCUT2D eigenvalue weighted by Crippen LogP contribution is -2.57. The number of hydrogen-bond donors (Lipinski definition) is 0. The van der Waals surface area contributed by atoms with Gasteiger partial charge in [0.2, 0.25) is 6.08 Å². The van der Waals surface area contributed by atoms with Gasteiger partial charge in [-0.3, -0.25) is 0 Å². The Balaban J connectivity index is 2.05. The van der Waals surface area contributed by atoms with E-state index in [1.54, 1.807) is 0 Å². The van der Waals surface area contributed by atoms with Crippen molar-refractivity contribution in [3.8, 4) is 0 Å². The highest BCUT2D eigenvalue weighted by atomic mass is 16.1. The lowest BCUT2D eigenvalue weighted by atomic mass is 9.43. The van der Waals surface area contributed by atoms with Crippen molar-refractivity contribution in [2.24, 2.45) is 21.7 Å². The van der Waals surface area contributed by atoms with Gasteiger partial charge in [0.1, 0.15) is 0 Å². The first-order valence-corrected chi connectivity index (χ1v) is 6.06. The molecule has 4 saturated carbocycles. The van der Waals surface area contributed by atoms with Gasteiger partial charge < -0.3 is 0 Å². The summed E-state index contributed by atoms with van der Waals surface area (Å²) in [6.45, 7) is 4.79. The van der Waals surface area contributed by atoms with E-state index >= 15 is 0 Å². The Bertz CT molecular complexity index is 338. The molecule has 4 aliphatic carbocycles. The molecule has 0 aromatic rings. The minimum atomic E-state index is -0.0231. The molecule has 0 aromatic carbocycles. The molecule has 15 heavy (non-hydrogen) atoms. The number of nitrogens with zero attached hydrogens (tertiary/aromatic N) is 1. The molecule has 2 unspecified atom stereocenters. The van der Waals surface area contributed by atoms with Gasteiger partial charge in [0.25, 0.3) is 0 Å². The Hall–Kier alpha value is -0.620. The monoisotopic (exact) mass is 205 g/mol. The van der Waals surface area contributed by atoms with Crippen molar-refractivity contribution in [1.82, 2.24) is 0 Å². The summed E-state index contributed by atoms with van der Waals surface area (Å²) in [5.41, 5.74) is 0.883. The van der Waals surface area contributed by atoms with E-state index < -0.39 is 0 Å². The van der Waals surface area contributed by atoms with E-state index in [2.05, 4.69) is 18.8 Å². The summed E-state index contributed by atoms with van der Waals surface area (Å²) in [7, 11) is 0. The Morgan fingerprint density at radius 1 is 1.07 bits per heavy atom. The maximum atomic E-state index is 10.6. The van der Waals surface area contributed by atoms with Crippen LogP contribution in [-0.2, 0) is 4.79 Å². The summed E-state index contributed by atoms with van der Waals surface area (Å²) in [5, 5.41) is 0. The Morgan fingerprint density at radius 2 is 1.67 bits per heavy atom. The second-order valence-corrected chi connectivity index (χ2v) is 7.06. The molecule has 0 N–H and O–H groups in total. The van der Waals surface area contributed by atoms with Gasteiger partial charge in [-0.1, -0.05) is 13.8 Å². The van der Waals surface area contributed by atoms with Crippen molar-refractivity contribution in [2.45, 2.75) is 57.9 Å². The van der Waals surface area contributed by atoms with Gasteiger partial charge in [-0.05, 0) is 55.3 Å². The van der Waals surface area contributed by atoms with Crippen LogP contribution in [0.5, 0.6) is 0 Å². The third-order valence-electron chi connectivity index (χ3n) is 4.88. The van der Waals surface area contributed by atoms with Crippen molar-refractivity contribution < 1.29 is 4.79 Å². The van der Waals surface area contributed by atoms with Crippen molar-refractivity contribution in [1.29, 1.82) is 0 Å². The molecule has 0 aromatic heterocycles. The van der Waals surface area contributed by atoms with Gasteiger partial charge in [-0.2, -0.15) is 4.99 Å². The van der Waals surface area contributed by atoms with E-state index in [4.69, 9.17) is 0 Å². The molecular weight excluding hydrogens is 186 g/mol. The average Bonchev–Trinajstić information content (AvgIpc) is 1.94. The van der Waals surface area contributed by atoms with Crippen molar-refractivity contribution in [3.63, 3.8) is 0 Å². The summed E-state index contributed by atoms with van der Waals surface area (Å²) in [4.78, 5) is 14.8. The van der Waals surface area contributed by atoms with Crippen LogP contribution in [0, 0.1) is 16.7 Å². The molecule has 4 bridgehead atoms. The van der Waals surface area contributed by atoms with Gasteiger partial charge in [-0.15, -0.1) is 0 Å². The quantitative estimate of drug-likeness (QED) is 0.478. The summed E-state index contributed by atoms with van der Waals surface area (Å²) < 4.78 is 0. The second kappa shape index (κ2) is 2.55. The van der Waals surface area contributed by atoms with E-state index in [1.165, 1.54) is 19.3 Å². The van der Waals surface area contributed by atoms with Crippen LogP contribution in [0.4, 0.5) is 0 Å². The Kier molecular flexibility index (Phi) is 1.63. The fraction of sp³-hybridized carbons (Fsp3) is 0.923. The van der Waals surface area contributed by atoms with Crippen LogP contribution in [0.25, 0.3) is 0 Å². The number of hydrogen-bond acceptors (Lipinski definition) is 2. The first kappa shape index (κ1) is 9.59. The minimum absolute atomic E-state index is 0.0231. The van der Waals surface area contributed by atoms with Crippen LogP contribution < -0.4 is 0 Å². The summed E-state index contributed by atoms with van der Waals surface area (Å²) in [6.07, 6.45) is 9.29. The SMILES string of the molecule is CC12CC3CC(C)(C1)CC(N=C=O)(C3)C2. The van der Waals surface area contributed by atoms with E-state index in [0.29, 0.717) is 10.8 Å². The third kappa shape index (κ3) is 1.31.